The van der Waals surface area contributed by atoms with Crippen molar-refractivity contribution < 1.29 is 23.3 Å². The van der Waals surface area contributed by atoms with Gasteiger partial charge in [-0.3, -0.25) is 4.90 Å². The molecule has 164 valence electrons. The number of anilines is 1. The van der Waals surface area contributed by atoms with Crippen LogP contribution in [-0.2, 0) is 4.74 Å². The molecule has 4 rings (SSSR count). The van der Waals surface area contributed by atoms with Gasteiger partial charge in [-0.05, 0) is 24.6 Å². The summed E-state index contributed by atoms with van der Waals surface area (Å²) in [4.78, 5) is 10.8. The Hall–Kier alpha value is -3.17. The van der Waals surface area contributed by atoms with Crippen LogP contribution in [-0.4, -0.2) is 61.4 Å². The molecular weight excluding hydrogens is 403 g/mol. The second-order valence-electron chi connectivity index (χ2n) is 7.15. The molecule has 2 N–H and O–H groups in total. The van der Waals surface area contributed by atoms with Crippen LogP contribution in [0, 0.1) is 5.82 Å². The number of halogens is 1. The van der Waals surface area contributed by atoms with Gasteiger partial charge in [0.2, 0.25) is 5.88 Å². The second kappa shape index (κ2) is 9.76. The molecule has 0 saturated carbocycles. The molecule has 0 atom stereocenters. The van der Waals surface area contributed by atoms with E-state index in [2.05, 4.69) is 14.9 Å². The van der Waals surface area contributed by atoms with Crippen LogP contribution < -0.4 is 19.9 Å². The molecule has 31 heavy (non-hydrogen) atoms. The van der Waals surface area contributed by atoms with Gasteiger partial charge < -0.3 is 24.7 Å². The van der Waals surface area contributed by atoms with Gasteiger partial charge in [0.25, 0.3) is 0 Å². The number of nitrogens with zero attached hydrogens (tertiary/aromatic N) is 3. The Balaban J connectivity index is 1.49. The van der Waals surface area contributed by atoms with E-state index in [4.69, 9.17) is 24.7 Å². The molecule has 8 nitrogen and oxygen atoms in total. The maximum Gasteiger partial charge on any atom is 0.230 e. The van der Waals surface area contributed by atoms with Gasteiger partial charge in [-0.15, -0.1) is 0 Å². The predicted octanol–water partition coefficient (Wildman–Crippen LogP) is 3.25. The van der Waals surface area contributed by atoms with E-state index in [0.717, 1.165) is 39.3 Å². The third kappa shape index (κ3) is 5.12. The number of aromatic nitrogens is 2. The van der Waals surface area contributed by atoms with Crippen LogP contribution >= 0.6 is 0 Å². The summed E-state index contributed by atoms with van der Waals surface area (Å²) in [6.07, 6.45) is 2.25. The molecule has 0 amide bonds. The van der Waals surface area contributed by atoms with E-state index in [0.29, 0.717) is 34.7 Å². The quantitative estimate of drug-likeness (QED) is 0.432. The van der Waals surface area contributed by atoms with Crippen molar-refractivity contribution in [2.75, 3.05) is 52.3 Å². The minimum Gasteiger partial charge on any atom is -0.493 e. The molecular formula is C22H25FN4O4. The zero-order valence-electron chi connectivity index (χ0n) is 17.3. The SMILES string of the molecule is COc1cc2c(Oc3ccc(N)cc3F)ncnc2cc1OCCCN1CCOCC1. The van der Waals surface area contributed by atoms with Gasteiger partial charge in [-0.2, -0.15) is 0 Å². The van der Waals surface area contributed by atoms with Crippen LogP contribution in [0.3, 0.4) is 0 Å². The molecule has 1 aromatic heterocycles. The summed E-state index contributed by atoms with van der Waals surface area (Å²) in [6, 6.07) is 7.73. The van der Waals surface area contributed by atoms with Crippen molar-refractivity contribution in [2.24, 2.45) is 0 Å². The molecule has 0 aliphatic carbocycles. The molecule has 0 unspecified atom stereocenters. The van der Waals surface area contributed by atoms with E-state index in [1.54, 1.807) is 25.3 Å². The number of methoxy groups -OCH3 is 1. The second-order valence-corrected chi connectivity index (χ2v) is 7.15. The van der Waals surface area contributed by atoms with Gasteiger partial charge in [0.1, 0.15) is 6.33 Å². The summed E-state index contributed by atoms with van der Waals surface area (Å²) in [5, 5.41) is 0.580. The maximum absolute atomic E-state index is 14.1. The van der Waals surface area contributed by atoms with Gasteiger partial charge in [0.15, 0.2) is 23.1 Å². The lowest BCUT2D eigenvalue weighted by atomic mass is 10.2. The van der Waals surface area contributed by atoms with E-state index in [9.17, 15) is 4.39 Å². The summed E-state index contributed by atoms with van der Waals surface area (Å²) in [5.74, 6) is 0.776. The summed E-state index contributed by atoms with van der Waals surface area (Å²) in [7, 11) is 1.56. The van der Waals surface area contributed by atoms with Gasteiger partial charge >= 0.3 is 0 Å². The molecule has 1 aliphatic rings. The van der Waals surface area contributed by atoms with Gasteiger partial charge in [0.05, 0.1) is 37.8 Å². The van der Waals surface area contributed by atoms with Crippen LogP contribution in [0.25, 0.3) is 10.9 Å². The smallest absolute Gasteiger partial charge is 0.230 e. The molecule has 1 saturated heterocycles. The lowest BCUT2D eigenvalue weighted by molar-refractivity contribution is 0.0357. The fraction of sp³-hybridized carbons (Fsp3) is 0.364. The average Bonchev–Trinajstić information content (AvgIpc) is 2.79. The van der Waals surface area contributed by atoms with E-state index in [1.165, 1.54) is 18.5 Å². The first kappa shape index (κ1) is 21.1. The lowest BCUT2D eigenvalue weighted by Gasteiger charge is -2.26. The zero-order valence-corrected chi connectivity index (χ0v) is 17.3. The van der Waals surface area contributed by atoms with Gasteiger partial charge in [-0.25, -0.2) is 14.4 Å². The summed E-state index contributed by atoms with van der Waals surface area (Å²) < 4.78 is 36.7. The molecule has 9 heteroatoms. The van der Waals surface area contributed by atoms with Crippen molar-refractivity contribution in [3.63, 3.8) is 0 Å². The van der Waals surface area contributed by atoms with Crippen molar-refractivity contribution >= 4 is 16.6 Å². The largest absolute Gasteiger partial charge is 0.493 e. The Kier molecular flexibility index (Phi) is 6.63. The van der Waals surface area contributed by atoms with Crippen molar-refractivity contribution in [1.82, 2.24) is 14.9 Å². The molecule has 0 bridgehead atoms. The van der Waals surface area contributed by atoms with E-state index < -0.39 is 5.82 Å². The Morgan fingerprint density at radius 2 is 1.94 bits per heavy atom. The minimum absolute atomic E-state index is 0.0246. The summed E-state index contributed by atoms with van der Waals surface area (Å²) in [6.45, 7) is 4.96. The Morgan fingerprint density at radius 3 is 2.71 bits per heavy atom. The van der Waals surface area contributed by atoms with E-state index in [-0.39, 0.29) is 11.6 Å². The fourth-order valence-corrected chi connectivity index (χ4v) is 3.39. The van der Waals surface area contributed by atoms with Crippen LogP contribution in [0.15, 0.2) is 36.7 Å². The minimum atomic E-state index is -0.570. The van der Waals surface area contributed by atoms with Crippen LogP contribution in [0.1, 0.15) is 6.42 Å². The molecule has 1 aliphatic heterocycles. The number of fused-ring (bicyclic) bond motifs is 1. The lowest BCUT2D eigenvalue weighted by Crippen LogP contribution is -2.37. The number of morpholine rings is 1. The highest BCUT2D eigenvalue weighted by atomic mass is 19.1. The van der Waals surface area contributed by atoms with Crippen LogP contribution in [0.5, 0.6) is 23.1 Å². The molecule has 1 fully saturated rings. The maximum atomic E-state index is 14.1. The standard InChI is InChI=1S/C22H25FN4O4/c1-28-20-12-16-18(13-21(20)30-8-2-5-27-6-9-29-10-7-27)25-14-26-22(16)31-19-4-3-15(24)11-17(19)23/h3-4,11-14H,2,5-10,24H2,1H3. The molecule has 2 aromatic carbocycles. The third-order valence-electron chi connectivity index (χ3n) is 5.03. The fourth-order valence-electron chi connectivity index (χ4n) is 3.39. The molecule has 0 spiro atoms. The van der Waals surface area contributed by atoms with Crippen molar-refractivity contribution in [3.8, 4) is 23.1 Å². The normalized spacial score (nSPS) is 14.5. The average molecular weight is 428 g/mol. The van der Waals surface area contributed by atoms with Crippen molar-refractivity contribution in [3.05, 3.63) is 42.5 Å². The first-order valence-electron chi connectivity index (χ1n) is 10.1. The summed E-state index contributed by atoms with van der Waals surface area (Å²) >= 11 is 0. The monoisotopic (exact) mass is 428 g/mol. The van der Waals surface area contributed by atoms with Crippen molar-refractivity contribution in [1.29, 1.82) is 0 Å². The third-order valence-corrected chi connectivity index (χ3v) is 5.03. The number of ether oxygens (including phenoxy) is 4. The number of hydrogen-bond acceptors (Lipinski definition) is 8. The highest BCUT2D eigenvalue weighted by Crippen LogP contribution is 2.36. The van der Waals surface area contributed by atoms with Gasteiger partial charge in [-0.1, -0.05) is 0 Å². The first-order chi connectivity index (χ1) is 15.1. The number of rotatable bonds is 8. The number of hydrogen-bond donors (Lipinski definition) is 1. The first-order valence-corrected chi connectivity index (χ1v) is 10.1. The zero-order chi connectivity index (χ0) is 21.6. The van der Waals surface area contributed by atoms with Crippen LogP contribution in [0.2, 0.25) is 0 Å². The van der Waals surface area contributed by atoms with Gasteiger partial charge in [0, 0.05) is 37.5 Å². The number of benzene rings is 2. The Bertz CT molecular complexity index is 1040. The van der Waals surface area contributed by atoms with Crippen LogP contribution in [0.4, 0.5) is 10.1 Å². The Morgan fingerprint density at radius 1 is 1.10 bits per heavy atom. The highest BCUT2D eigenvalue weighted by molar-refractivity contribution is 5.87. The van der Waals surface area contributed by atoms with Crippen molar-refractivity contribution in [2.45, 2.75) is 6.42 Å². The number of nitrogen functional groups attached to an aromatic ring is 1. The van der Waals surface area contributed by atoms with E-state index >= 15 is 0 Å². The molecule has 0 radical (unpaired) electrons. The summed E-state index contributed by atoms with van der Waals surface area (Å²) in [5.41, 5.74) is 6.51. The van der Waals surface area contributed by atoms with E-state index in [1.807, 2.05) is 0 Å². The predicted molar refractivity (Wildman–Crippen MR) is 114 cm³/mol. The Labute approximate surface area is 179 Å². The number of nitrogens with two attached hydrogens (primary N) is 1. The highest BCUT2D eigenvalue weighted by Gasteiger charge is 2.15. The topological polar surface area (TPSA) is 92.0 Å². The molecule has 3 aromatic rings. The molecule has 2 heterocycles.